The lowest BCUT2D eigenvalue weighted by Crippen LogP contribution is -2.34. The van der Waals surface area contributed by atoms with Crippen molar-refractivity contribution in [3.8, 4) is 0 Å². The van der Waals surface area contributed by atoms with Gasteiger partial charge in [-0.3, -0.25) is 0 Å². The van der Waals surface area contributed by atoms with Gasteiger partial charge in [-0.05, 0) is 37.8 Å². The van der Waals surface area contributed by atoms with Crippen molar-refractivity contribution in [2.45, 2.75) is 58.4 Å². The molecule has 20 heavy (non-hydrogen) atoms. The minimum Gasteiger partial charge on any atom is -0.478 e. The summed E-state index contributed by atoms with van der Waals surface area (Å²) in [6.07, 6.45) is 4.89. The first-order valence-corrected chi connectivity index (χ1v) is 7.54. The van der Waals surface area contributed by atoms with Crippen molar-refractivity contribution in [3.63, 3.8) is 0 Å². The zero-order chi connectivity index (χ0) is 14.7. The molecular formula is C16H24N2O2. The molecule has 1 aliphatic rings. The van der Waals surface area contributed by atoms with Crippen LogP contribution in [-0.2, 0) is 0 Å². The van der Waals surface area contributed by atoms with Crippen molar-refractivity contribution in [2.24, 2.45) is 0 Å². The Bertz CT molecular complexity index is 479. The number of pyridine rings is 1. The van der Waals surface area contributed by atoms with Gasteiger partial charge in [0.25, 0.3) is 0 Å². The zero-order valence-electron chi connectivity index (χ0n) is 12.6. The van der Waals surface area contributed by atoms with E-state index < -0.39 is 5.97 Å². The molecule has 2 rings (SSSR count). The molecule has 0 atom stereocenters. The monoisotopic (exact) mass is 276 g/mol. The predicted octanol–water partition coefficient (Wildman–Crippen LogP) is 3.67. The molecule has 0 unspecified atom stereocenters. The molecule has 1 N–H and O–H groups in total. The van der Waals surface area contributed by atoms with Gasteiger partial charge >= 0.3 is 5.97 Å². The SMILES string of the molecule is CCN(c1cc(C(=O)O)cc(C(C)C)n1)C1CCCC1. The topological polar surface area (TPSA) is 53.4 Å². The molecule has 110 valence electrons. The molecule has 0 aliphatic heterocycles. The second-order valence-corrected chi connectivity index (χ2v) is 5.82. The molecule has 0 radical (unpaired) electrons. The summed E-state index contributed by atoms with van der Waals surface area (Å²) in [5.74, 6) is 0.177. The van der Waals surface area contributed by atoms with Crippen LogP contribution in [0.15, 0.2) is 12.1 Å². The van der Waals surface area contributed by atoms with E-state index in [0.717, 1.165) is 18.1 Å². The number of aromatic nitrogens is 1. The Labute approximate surface area is 120 Å². The van der Waals surface area contributed by atoms with Crippen molar-refractivity contribution in [1.82, 2.24) is 4.98 Å². The first-order chi connectivity index (χ1) is 9.52. The summed E-state index contributed by atoms with van der Waals surface area (Å²) in [5, 5.41) is 9.29. The Balaban J connectivity index is 2.39. The van der Waals surface area contributed by atoms with Gasteiger partial charge in [0.2, 0.25) is 0 Å². The van der Waals surface area contributed by atoms with Crippen LogP contribution in [-0.4, -0.2) is 28.6 Å². The number of carboxylic acid groups (broad SMARTS) is 1. The van der Waals surface area contributed by atoms with Crippen LogP contribution in [0.5, 0.6) is 0 Å². The standard InChI is InChI=1S/C16H24N2O2/c1-4-18(13-7-5-6-8-13)15-10-12(16(19)20)9-14(17-15)11(2)3/h9-11,13H,4-8H2,1-3H3,(H,19,20). The van der Waals surface area contributed by atoms with Gasteiger partial charge in [-0.15, -0.1) is 0 Å². The van der Waals surface area contributed by atoms with Gasteiger partial charge in [0.1, 0.15) is 5.82 Å². The number of hydrogen-bond donors (Lipinski definition) is 1. The van der Waals surface area contributed by atoms with E-state index in [4.69, 9.17) is 4.98 Å². The lowest BCUT2D eigenvalue weighted by molar-refractivity contribution is 0.0696. The van der Waals surface area contributed by atoms with Crippen LogP contribution in [0, 0.1) is 0 Å². The summed E-state index contributed by atoms with van der Waals surface area (Å²) in [4.78, 5) is 18.3. The van der Waals surface area contributed by atoms with Gasteiger partial charge < -0.3 is 10.0 Å². The molecule has 0 bridgehead atoms. The summed E-state index contributed by atoms with van der Waals surface area (Å²) < 4.78 is 0. The van der Waals surface area contributed by atoms with Crippen molar-refractivity contribution in [3.05, 3.63) is 23.4 Å². The number of anilines is 1. The number of nitrogens with zero attached hydrogens (tertiary/aromatic N) is 2. The third kappa shape index (κ3) is 3.11. The lowest BCUT2D eigenvalue weighted by Gasteiger charge is -2.29. The maximum Gasteiger partial charge on any atom is 0.335 e. The third-order valence-electron chi connectivity index (χ3n) is 4.07. The highest BCUT2D eigenvalue weighted by atomic mass is 16.4. The Morgan fingerprint density at radius 1 is 1.40 bits per heavy atom. The molecular weight excluding hydrogens is 252 g/mol. The van der Waals surface area contributed by atoms with Crippen molar-refractivity contribution < 1.29 is 9.90 Å². The maximum absolute atomic E-state index is 11.3. The molecule has 0 saturated heterocycles. The number of carboxylic acids is 1. The number of carbonyl (C=O) groups is 1. The third-order valence-corrected chi connectivity index (χ3v) is 4.07. The molecule has 1 fully saturated rings. The highest BCUT2D eigenvalue weighted by Crippen LogP contribution is 2.28. The molecule has 0 aromatic carbocycles. The molecule has 1 aromatic rings. The molecule has 4 heteroatoms. The van der Waals surface area contributed by atoms with Crippen LogP contribution in [0.25, 0.3) is 0 Å². The van der Waals surface area contributed by atoms with E-state index >= 15 is 0 Å². The highest BCUT2D eigenvalue weighted by molar-refractivity contribution is 5.88. The predicted molar refractivity (Wildman–Crippen MR) is 80.6 cm³/mol. The van der Waals surface area contributed by atoms with Crippen LogP contribution in [0.4, 0.5) is 5.82 Å². The fraction of sp³-hybridized carbons (Fsp3) is 0.625. The quantitative estimate of drug-likeness (QED) is 0.891. The van der Waals surface area contributed by atoms with E-state index in [1.165, 1.54) is 25.7 Å². The number of hydrogen-bond acceptors (Lipinski definition) is 3. The van der Waals surface area contributed by atoms with E-state index in [1.54, 1.807) is 12.1 Å². The number of rotatable bonds is 5. The van der Waals surface area contributed by atoms with E-state index in [-0.39, 0.29) is 5.92 Å². The molecule has 1 saturated carbocycles. The summed E-state index contributed by atoms with van der Waals surface area (Å²) in [7, 11) is 0. The lowest BCUT2D eigenvalue weighted by atomic mass is 10.1. The van der Waals surface area contributed by atoms with Gasteiger partial charge in [-0.1, -0.05) is 26.7 Å². The average Bonchev–Trinajstić information content (AvgIpc) is 2.93. The van der Waals surface area contributed by atoms with Gasteiger partial charge in [-0.2, -0.15) is 0 Å². The molecule has 1 aromatic heterocycles. The summed E-state index contributed by atoms with van der Waals surface area (Å²) in [6, 6.07) is 3.92. The first kappa shape index (κ1) is 14.8. The van der Waals surface area contributed by atoms with Crippen molar-refractivity contribution in [2.75, 3.05) is 11.4 Å². The van der Waals surface area contributed by atoms with Gasteiger partial charge in [0, 0.05) is 18.3 Å². The second kappa shape index (κ2) is 6.25. The van der Waals surface area contributed by atoms with Gasteiger partial charge in [0.05, 0.1) is 5.56 Å². The average molecular weight is 276 g/mol. The van der Waals surface area contributed by atoms with Crippen LogP contribution in [0.1, 0.15) is 68.4 Å². The Morgan fingerprint density at radius 3 is 2.55 bits per heavy atom. The molecule has 1 heterocycles. The first-order valence-electron chi connectivity index (χ1n) is 7.54. The largest absolute Gasteiger partial charge is 0.478 e. The smallest absolute Gasteiger partial charge is 0.335 e. The van der Waals surface area contributed by atoms with Gasteiger partial charge in [-0.25, -0.2) is 9.78 Å². The van der Waals surface area contributed by atoms with Crippen LogP contribution in [0.2, 0.25) is 0 Å². The Morgan fingerprint density at radius 2 is 2.05 bits per heavy atom. The normalized spacial score (nSPS) is 15.8. The fourth-order valence-electron chi connectivity index (χ4n) is 2.93. The van der Waals surface area contributed by atoms with Crippen LogP contribution in [0.3, 0.4) is 0 Å². The van der Waals surface area contributed by atoms with Crippen molar-refractivity contribution >= 4 is 11.8 Å². The summed E-state index contributed by atoms with van der Waals surface area (Å²) in [5.41, 5.74) is 1.20. The van der Waals surface area contributed by atoms with Gasteiger partial charge in [0.15, 0.2) is 0 Å². The van der Waals surface area contributed by atoms with Crippen LogP contribution >= 0.6 is 0 Å². The Hall–Kier alpha value is -1.58. The molecule has 1 aliphatic carbocycles. The number of aromatic carboxylic acids is 1. The molecule has 0 spiro atoms. The van der Waals surface area contributed by atoms with Crippen molar-refractivity contribution in [1.29, 1.82) is 0 Å². The van der Waals surface area contributed by atoms with E-state index in [0.29, 0.717) is 11.6 Å². The fourth-order valence-corrected chi connectivity index (χ4v) is 2.93. The minimum absolute atomic E-state index is 0.232. The summed E-state index contributed by atoms with van der Waals surface area (Å²) >= 11 is 0. The second-order valence-electron chi connectivity index (χ2n) is 5.82. The Kier molecular flexibility index (Phi) is 4.63. The van der Waals surface area contributed by atoms with E-state index in [9.17, 15) is 9.90 Å². The van der Waals surface area contributed by atoms with E-state index in [2.05, 4.69) is 11.8 Å². The molecule has 0 amide bonds. The van der Waals surface area contributed by atoms with E-state index in [1.807, 2.05) is 13.8 Å². The van der Waals surface area contributed by atoms with Crippen LogP contribution < -0.4 is 4.90 Å². The zero-order valence-corrected chi connectivity index (χ0v) is 12.6. The molecule has 4 nitrogen and oxygen atoms in total. The summed E-state index contributed by atoms with van der Waals surface area (Å²) in [6.45, 7) is 7.08. The maximum atomic E-state index is 11.3. The highest BCUT2D eigenvalue weighted by Gasteiger charge is 2.24. The minimum atomic E-state index is -0.877.